The molecule has 1 fully saturated rings. The first-order valence-corrected chi connectivity index (χ1v) is 8.48. The van der Waals surface area contributed by atoms with Crippen molar-refractivity contribution in [2.75, 3.05) is 31.5 Å². The normalized spacial score (nSPS) is 13.7. The number of benzene rings is 1. The van der Waals surface area contributed by atoms with E-state index in [2.05, 4.69) is 5.32 Å². The number of anilines is 1. The van der Waals surface area contributed by atoms with Crippen LogP contribution in [0.3, 0.4) is 0 Å². The fourth-order valence-electron chi connectivity index (χ4n) is 2.85. The lowest BCUT2D eigenvalue weighted by Gasteiger charge is -2.34. The number of carbonyl (C=O) groups is 3. The van der Waals surface area contributed by atoms with Gasteiger partial charge in [-0.25, -0.2) is 0 Å². The quantitative estimate of drug-likeness (QED) is 0.825. The molecular formula is C19H18N4O4. The topological polar surface area (TPSA) is 107 Å². The highest BCUT2D eigenvalue weighted by Gasteiger charge is 2.27. The van der Waals surface area contributed by atoms with Gasteiger partial charge in [0.1, 0.15) is 12.5 Å². The SMILES string of the molecule is N#Cc1ccccc1NC(=O)CC(=O)N1CCN(C(=O)c2ccco2)CC1. The molecule has 0 bridgehead atoms. The fraction of sp³-hybridized carbons (Fsp3) is 0.263. The van der Waals surface area contributed by atoms with Crippen molar-refractivity contribution in [3.05, 3.63) is 54.0 Å². The van der Waals surface area contributed by atoms with Crippen LogP contribution in [0.5, 0.6) is 0 Å². The van der Waals surface area contributed by atoms with Crippen molar-refractivity contribution in [3.63, 3.8) is 0 Å². The number of nitrogens with one attached hydrogen (secondary N) is 1. The van der Waals surface area contributed by atoms with E-state index in [0.717, 1.165) is 0 Å². The molecule has 3 rings (SSSR count). The summed E-state index contributed by atoms with van der Waals surface area (Å²) >= 11 is 0. The Hall–Kier alpha value is -3.60. The van der Waals surface area contributed by atoms with Crippen LogP contribution in [-0.4, -0.2) is 53.7 Å². The summed E-state index contributed by atoms with van der Waals surface area (Å²) < 4.78 is 5.10. The number of piperazine rings is 1. The molecule has 0 saturated carbocycles. The predicted molar refractivity (Wildman–Crippen MR) is 95.6 cm³/mol. The summed E-state index contributed by atoms with van der Waals surface area (Å²) in [6.07, 6.45) is 1.13. The summed E-state index contributed by atoms with van der Waals surface area (Å²) in [7, 11) is 0. The van der Waals surface area contributed by atoms with Gasteiger partial charge in [0, 0.05) is 26.2 Å². The van der Waals surface area contributed by atoms with Crippen LogP contribution in [0.4, 0.5) is 5.69 Å². The van der Waals surface area contributed by atoms with E-state index in [4.69, 9.17) is 9.68 Å². The summed E-state index contributed by atoms with van der Waals surface area (Å²) in [6, 6.07) is 11.8. The zero-order valence-electron chi connectivity index (χ0n) is 14.6. The highest BCUT2D eigenvalue weighted by atomic mass is 16.3. The predicted octanol–water partition coefficient (Wildman–Crippen LogP) is 1.46. The minimum absolute atomic E-state index is 0.210. The zero-order valence-corrected chi connectivity index (χ0v) is 14.6. The maximum absolute atomic E-state index is 12.3. The molecule has 1 saturated heterocycles. The van der Waals surface area contributed by atoms with Crippen LogP contribution in [0, 0.1) is 11.3 Å². The van der Waals surface area contributed by atoms with Gasteiger partial charge < -0.3 is 19.5 Å². The van der Waals surface area contributed by atoms with Crippen LogP contribution < -0.4 is 5.32 Å². The number of nitrogens with zero attached hydrogens (tertiary/aromatic N) is 3. The highest BCUT2D eigenvalue weighted by molar-refractivity contribution is 6.04. The number of rotatable bonds is 4. The second-order valence-corrected chi connectivity index (χ2v) is 6.03. The molecule has 1 aromatic heterocycles. The van der Waals surface area contributed by atoms with Crippen LogP contribution in [0.2, 0.25) is 0 Å². The number of hydrogen-bond acceptors (Lipinski definition) is 5. The zero-order chi connectivity index (χ0) is 19.2. The van der Waals surface area contributed by atoms with Crippen LogP contribution in [0.1, 0.15) is 22.5 Å². The Kier molecular flexibility index (Phi) is 5.52. The van der Waals surface area contributed by atoms with E-state index in [1.807, 2.05) is 6.07 Å². The van der Waals surface area contributed by atoms with Gasteiger partial charge in [0.25, 0.3) is 5.91 Å². The van der Waals surface area contributed by atoms with Gasteiger partial charge in [-0.3, -0.25) is 14.4 Å². The van der Waals surface area contributed by atoms with Gasteiger partial charge in [-0.1, -0.05) is 12.1 Å². The molecule has 27 heavy (non-hydrogen) atoms. The Balaban J connectivity index is 1.50. The van der Waals surface area contributed by atoms with Crippen molar-refractivity contribution < 1.29 is 18.8 Å². The molecule has 0 spiro atoms. The van der Waals surface area contributed by atoms with Crippen molar-refractivity contribution in [1.29, 1.82) is 5.26 Å². The summed E-state index contributed by atoms with van der Waals surface area (Å²) in [6.45, 7) is 1.47. The van der Waals surface area contributed by atoms with Crippen molar-refractivity contribution >= 4 is 23.4 Å². The molecule has 2 heterocycles. The molecule has 1 aliphatic rings. The van der Waals surface area contributed by atoms with Gasteiger partial charge in [0.15, 0.2) is 5.76 Å². The first-order chi connectivity index (χ1) is 13.1. The van der Waals surface area contributed by atoms with Crippen LogP contribution in [0.15, 0.2) is 47.1 Å². The van der Waals surface area contributed by atoms with Gasteiger partial charge >= 0.3 is 0 Å². The molecule has 0 radical (unpaired) electrons. The van der Waals surface area contributed by atoms with Gasteiger partial charge in [-0.05, 0) is 24.3 Å². The maximum atomic E-state index is 12.3. The third-order valence-corrected chi connectivity index (χ3v) is 4.28. The average molecular weight is 366 g/mol. The number of amides is 3. The summed E-state index contributed by atoms with van der Waals surface area (Å²) in [5.41, 5.74) is 0.718. The van der Waals surface area contributed by atoms with E-state index in [1.54, 1.807) is 46.2 Å². The van der Waals surface area contributed by atoms with Crippen molar-refractivity contribution in [2.24, 2.45) is 0 Å². The van der Waals surface area contributed by atoms with E-state index >= 15 is 0 Å². The smallest absolute Gasteiger partial charge is 0.289 e. The number of hydrogen-bond donors (Lipinski definition) is 1. The highest BCUT2D eigenvalue weighted by Crippen LogP contribution is 2.14. The van der Waals surface area contributed by atoms with E-state index in [0.29, 0.717) is 37.4 Å². The summed E-state index contributed by atoms with van der Waals surface area (Å²) in [4.78, 5) is 39.8. The third-order valence-electron chi connectivity index (χ3n) is 4.28. The van der Waals surface area contributed by atoms with Crippen molar-refractivity contribution in [2.45, 2.75) is 6.42 Å². The van der Waals surface area contributed by atoms with Crippen molar-refractivity contribution in [1.82, 2.24) is 9.80 Å². The first kappa shape index (κ1) is 18.2. The first-order valence-electron chi connectivity index (χ1n) is 8.48. The van der Waals surface area contributed by atoms with E-state index in [-0.39, 0.29) is 24.0 Å². The van der Waals surface area contributed by atoms with Crippen molar-refractivity contribution in [3.8, 4) is 6.07 Å². The van der Waals surface area contributed by atoms with Crippen LogP contribution in [0.25, 0.3) is 0 Å². The van der Waals surface area contributed by atoms with Gasteiger partial charge in [-0.15, -0.1) is 0 Å². The largest absolute Gasteiger partial charge is 0.459 e. The molecular weight excluding hydrogens is 348 g/mol. The molecule has 0 unspecified atom stereocenters. The minimum atomic E-state index is -0.475. The molecule has 138 valence electrons. The fourth-order valence-corrected chi connectivity index (χ4v) is 2.85. The molecule has 1 aliphatic heterocycles. The second kappa shape index (κ2) is 8.19. The summed E-state index contributed by atoms with van der Waals surface area (Å²) in [5, 5.41) is 11.6. The van der Waals surface area contributed by atoms with Gasteiger partial charge in [-0.2, -0.15) is 5.26 Å². The lowest BCUT2D eigenvalue weighted by atomic mass is 10.2. The lowest BCUT2D eigenvalue weighted by molar-refractivity contribution is -0.135. The molecule has 3 amide bonds. The Morgan fingerprint density at radius 2 is 1.74 bits per heavy atom. The van der Waals surface area contributed by atoms with Gasteiger partial charge in [0.2, 0.25) is 11.8 Å². The second-order valence-electron chi connectivity index (χ2n) is 6.03. The standard InChI is InChI=1S/C19H18N4O4/c20-13-14-4-1-2-5-15(14)21-17(24)12-18(25)22-7-9-23(10-8-22)19(26)16-6-3-11-27-16/h1-6,11H,7-10,12H2,(H,21,24). The third kappa shape index (κ3) is 4.33. The van der Waals surface area contributed by atoms with E-state index in [9.17, 15) is 14.4 Å². The molecule has 2 aromatic rings. The molecule has 0 atom stereocenters. The monoisotopic (exact) mass is 366 g/mol. The number of furan rings is 1. The number of para-hydroxylation sites is 1. The minimum Gasteiger partial charge on any atom is -0.459 e. The number of carbonyl (C=O) groups excluding carboxylic acids is 3. The average Bonchev–Trinajstić information content (AvgIpc) is 3.22. The summed E-state index contributed by atoms with van der Waals surface area (Å²) in [5.74, 6) is -0.730. The van der Waals surface area contributed by atoms with Gasteiger partial charge in [0.05, 0.1) is 17.5 Å². The molecule has 8 nitrogen and oxygen atoms in total. The lowest BCUT2D eigenvalue weighted by Crippen LogP contribution is -2.51. The van der Waals surface area contributed by atoms with E-state index < -0.39 is 5.91 Å². The maximum Gasteiger partial charge on any atom is 0.289 e. The Labute approximate surface area is 156 Å². The Morgan fingerprint density at radius 1 is 1.04 bits per heavy atom. The molecule has 1 N–H and O–H groups in total. The van der Waals surface area contributed by atoms with Crippen LogP contribution >= 0.6 is 0 Å². The molecule has 0 aliphatic carbocycles. The molecule has 8 heteroatoms. The number of nitriles is 1. The molecule has 1 aromatic carbocycles. The Bertz CT molecular complexity index is 877. The van der Waals surface area contributed by atoms with E-state index in [1.165, 1.54) is 6.26 Å². The van der Waals surface area contributed by atoms with Crippen LogP contribution in [-0.2, 0) is 9.59 Å². The Morgan fingerprint density at radius 3 is 2.41 bits per heavy atom.